The van der Waals surface area contributed by atoms with Gasteiger partial charge < -0.3 is 5.32 Å². The predicted octanol–water partition coefficient (Wildman–Crippen LogP) is 3.20. The minimum Gasteiger partial charge on any atom is -0.312 e. The Balaban J connectivity index is 1.63. The van der Waals surface area contributed by atoms with Crippen LogP contribution >= 0.6 is 11.3 Å². The van der Waals surface area contributed by atoms with Crippen molar-refractivity contribution in [2.45, 2.75) is 39.2 Å². The summed E-state index contributed by atoms with van der Waals surface area (Å²) >= 11 is 1.94. The van der Waals surface area contributed by atoms with Gasteiger partial charge in [-0.3, -0.25) is 0 Å². The molecule has 1 N–H and O–H groups in total. The van der Waals surface area contributed by atoms with E-state index in [1.807, 2.05) is 11.3 Å². The molecule has 14 heavy (non-hydrogen) atoms. The van der Waals surface area contributed by atoms with Gasteiger partial charge in [0.2, 0.25) is 0 Å². The molecule has 2 rings (SSSR count). The molecule has 0 amide bonds. The number of aryl methyl sites for hydroxylation is 1. The van der Waals surface area contributed by atoms with Crippen LogP contribution in [0.2, 0.25) is 0 Å². The van der Waals surface area contributed by atoms with Gasteiger partial charge in [-0.2, -0.15) is 0 Å². The van der Waals surface area contributed by atoms with Crippen LogP contribution in [-0.2, 0) is 13.0 Å². The van der Waals surface area contributed by atoms with Gasteiger partial charge in [0.05, 0.1) is 0 Å². The van der Waals surface area contributed by atoms with E-state index in [9.17, 15) is 0 Å². The highest BCUT2D eigenvalue weighted by molar-refractivity contribution is 7.11. The number of hydrogen-bond acceptors (Lipinski definition) is 2. The summed E-state index contributed by atoms with van der Waals surface area (Å²) < 4.78 is 0. The Bertz CT molecular complexity index is 276. The maximum absolute atomic E-state index is 3.52. The Morgan fingerprint density at radius 1 is 1.36 bits per heavy atom. The van der Waals surface area contributed by atoms with Gasteiger partial charge in [-0.15, -0.1) is 11.3 Å². The van der Waals surface area contributed by atoms with Crippen LogP contribution in [0.1, 0.15) is 35.9 Å². The molecule has 1 fully saturated rings. The fourth-order valence-electron chi connectivity index (χ4n) is 1.63. The van der Waals surface area contributed by atoms with Crippen LogP contribution in [0.4, 0.5) is 0 Å². The van der Waals surface area contributed by atoms with Crippen molar-refractivity contribution in [3.05, 3.63) is 21.9 Å². The van der Waals surface area contributed by atoms with Gasteiger partial charge in [0.1, 0.15) is 0 Å². The summed E-state index contributed by atoms with van der Waals surface area (Å²) in [7, 11) is 0. The first kappa shape index (κ1) is 10.2. The normalized spacial score (nSPS) is 16.1. The van der Waals surface area contributed by atoms with Crippen molar-refractivity contribution in [1.29, 1.82) is 0 Å². The molecule has 2 heteroatoms. The molecule has 0 unspecified atom stereocenters. The van der Waals surface area contributed by atoms with Crippen molar-refractivity contribution in [1.82, 2.24) is 5.32 Å². The van der Waals surface area contributed by atoms with E-state index in [1.165, 1.54) is 42.0 Å². The monoisotopic (exact) mass is 209 g/mol. The largest absolute Gasteiger partial charge is 0.312 e. The molecular formula is C12H19NS. The fraction of sp³-hybridized carbons (Fsp3) is 0.667. The number of rotatable bonds is 6. The minimum absolute atomic E-state index is 1.05. The molecule has 1 aliphatic carbocycles. The topological polar surface area (TPSA) is 12.0 Å². The van der Waals surface area contributed by atoms with E-state index in [4.69, 9.17) is 0 Å². The molecule has 78 valence electrons. The van der Waals surface area contributed by atoms with Gasteiger partial charge in [-0.25, -0.2) is 0 Å². The molecule has 0 radical (unpaired) electrons. The summed E-state index contributed by atoms with van der Waals surface area (Å²) in [5, 5.41) is 3.52. The van der Waals surface area contributed by atoms with Crippen molar-refractivity contribution in [2.75, 3.05) is 6.54 Å². The molecular weight excluding hydrogens is 190 g/mol. The second-order valence-electron chi connectivity index (χ2n) is 4.13. The average Bonchev–Trinajstić information content (AvgIpc) is 2.91. The van der Waals surface area contributed by atoms with Crippen molar-refractivity contribution in [3.63, 3.8) is 0 Å². The Morgan fingerprint density at radius 3 is 2.79 bits per heavy atom. The molecule has 1 aliphatic rings. The third-order valence-corrected chi connectivity index (χ3v) is 4.02. The molecule has 1 aromatic rings. The average molecular weight is 209 g/mol. The Labute approximate surface area is 90.5 Å². The zero-order valence-electron chi connectivity index (χ0n) is 8.88. The lowest BCUT2D eigenvalue weighted by Crippen LogP contribution is -2.14. The lowest BCUT2D eigenvalue weighted by molar-refractivity contribution is 0.616. The summed E-state index contributed by atoms with van der Waals surface area (Å²) in [6.45, 7) is 4.48. The zero-order valence-corrected chi connectivity index (χ0v) is 9.70. The molecule has 0 atom stereocenters. The number of nitrogens with one attached hydrogen (secondary N) is 1. The zero-order chi connectivity index (χ0) is 9.80. The van der Waals surface area contributed by atoms with Gasteiger partial charge in [-0.1, -0.05) is 19.8 Å². The predicted molar refractivity (Wildman–Crippen MR) is 62.7 cm³/mol. The molecule has 0 saturated heterocycles. The Kier molecular flexibility index (Phi) is 3.60. The number of thiophene rings is 1. The smallest absolute Gasteiger partial charge is 0.0299 e. The van der Waals surface area contributed by atoms with Crippen LogP contribution in [0.3, 0.4) is 0 Å². The lowest BCUT2D eigenvalue weighted by Gasteiger charge is -2.01. The van der Waals surface area contributed by atoms with Crippen molar-refractivity contribution in [2.24, 2.45) is 5.92 Å². The summed E-state index contributed by atoms with van der Waals surface area (Å²) in [5.41, 5.74) is 0. The molecule has 0 bridgehead atoms. The molecule has 1 aromatic heterocycles. The highest BCUT2D eigenvalue weighted by Crippen LogP contribution is 2.31. The van der Waals surface area contributed by atoms with Crippen LogP contribution in [0.15, 0.2) is 12.1 Å². The van der Waals surface area contributed by atoms with Crippen molar-refractivity contribution in [3.8, 4) is 0 Å². The SMILES string of the molecule is CCc1ccc(CNCCC2CC2)s1. The van der Waals surface area contributed by atoms with Crippen LogP contribution in [0, 0.1) is 5.92 Å². The first-order valence-electron chi connectivity index (χ1n) is 5.66. The molecule has 1 heterocycles. The first-order chi connectivity index (χ1) is 6.88. The van der Waals surface area contributed by atoms with E-state index in [0.29, 0.717) is 0 Å². The van der Waals surface area contributed by atoms with E-state index in [2.05, 4.69) is 24.4 Å². The maximum Gasteiger partial charge on any atom is 0.0299 e. The van der Waals surface area contributed by atoms with Crippen molar-refractivity contribution < 1.29 is 0 Å². The lowest BCUT2D eigenvalue weighted by atomic mass is 10.3. The molecule has 0 aromatic carbocycles. The second kappa shape index (κ2) is 4.94. The summed E-state index contributed by atoms with van der Waals surface area (Å²) in [6.07, 6.45) is 5.50. The van der Waals surface area contributed by atoms with Crippen LogP contribution in [0.25, 0.3) is 0 Å². The summed E-state index contributed by atoms with van der Waals surface area (Å²) in [5.74, 6) is 1.05. The van der Waals surface area contributed by atoms with Crippen LogP contribution in [0.5, 0.6) is 0 Å². The Morgan fingerprint density at radius 2 is 2.14 bits per heavy atom. The molecule has 1 nitrogen and oxygen atoms in total. The minimum atomic E-state index is 1.05. The highest BCUT2D eigenvalue weighted by atomic mass is 32.1. The quantitative estimate of drug-likeness (QED) is 0.709. The van der Waals surface area contributed by atoms with E-state index >= 15 is 0 Å². The van der Waals surface area contributed by atoms with Gasteiger partial charge >= 0.3 is 0 Å². The third kappa shape index (κ3) is 3.10. The molecule has 1 saturated carbocycles. The van der Waals surface area contributed by atoms with E-state index < -0.39 is 0 Å². The molecule has 0 spiro atoms. The summed E-state index contributed by atoms with van der Waals surface area (Å²) in [4.78, 5) is 2.99. The van der Waals surface area contributed by atoms with Crippen molar-refractivity contribution >= 4 is 11.3 Å². The fourth-order valence-corrected chi connectivity index (χ4v) is 2.56. The number of hydrogen-bond donors (Lipinski definition) is 1. The summed E-state index contributed by atoms with van der Waals surface area (Å²) in [6, 6.07) is 4.51. The van der Waals surface area contributed by atoms with E-state index in [0.717, 1.165) is 12.5 Å². The maximum atomic E-state index is 3.52. The highest BCUT2D eigenvalue weighted by Gasteiger charge is 2.19. The second-order valence-corrected chi connectivity index (χ2v) is 5.38. The van der Waals surface area contributed by atoms with Gasteiger partial charge in [-0.05, 0) is 37.4 Å². The van der Waals surface area contributed by atoms with Crippen LogP contribution in [-0.4, -0.2) is 6.54 Å². The van der Waals surface area contributed by atoms with Gasteiger partial charge in [0, 0.05) is 16.3 Å². The standard InChI is InChI=1S/C12H19NS/c1-2-11-5-6-12(14-11)9-13-8-7-10-3-4-10/h5-6,10,13H,2-4,7-9H2,1H3. The van der Waals surface area contributed by atoms with E-state index in [-0.39, 0.29) is 0 Å². The molecule has 0 aliphatic heterocycles. The van der Waals surface area contributed by atoms with Gasteiger partial charge in [0.15, 0.2) is 0 Å². The van der Waals surface area contributed by atoms with Crippen LogP contribution < -0.4 is 5.32 Å². The van der Waals surface area contributed by atoms with E-state index in [1.54, 1.807) is 0 Å². The Hall–Kier alpha value is -0.340. The van der Waals surface area contributed by atoms with Gasteiger partial charge in [0.25, 0.3) is 0 Å². The third-order valence-electron chi connectivity index (χ3n) is 2.79. The first-order valence-corrected chi connectivity index (χ1v) is 6.48.